The molecule has 1 nitrogen and oxygen atoms in total. The molecule has 0 aromatic heterocycles. The average Bonchev–Trinajstić information content (AvgIpc) is 1.58. The largest absolute Gasteiger partial charge is 0.389 e. The van der Waals surface area contributed by atoms with Crippen LogP contribution in [0.3, 0.4) is 0 Å². The average molecular weight is 140 g/mol. The first-order valence-corrected chi connectivity index (χ1v) is 3.53. The van der Waals surface area contributed by atoms with Gasteiger partial charge < -0.3 is 5.11 Å². The van der Waals surface area contributed by atoms with Crippen LogP contribution in [0.5, 0.6) is 0 Å². The zero-order valence-electron chi connectivity index (χ0n) is 7.18. The van der Waals surface area contributed by atoms with Gasteiger partial charge in [-0.15, -0.1) is 0 Å². The minimum Gasteiger partial charge on any atom is -0.389 e. The van der Waals surface area contributed by atoms with Gasteiger partial charge in [0, 0.05) is 0 Å². The summed E-state index contributed by atoms with van der Waals surface area (Å²) >= 11 is 0. The molecule has 0 saturated heterocycles. The Morgan fingerprint density at radius 3 is 2.10 bits per heavy atom. The van der Waals surface area contributed by atoms with Crippen LogP contribution in [0.2, 0.25) is 0 Å². The fourth-order valence-electron chi connectivity index (χ4n) is 0.884. The molecule has 0 rings (SSSR count). The van der Waals surface area contributed by atoms with Crippen molar-refractivity contribution in [3.63, 3.8) is 0 Å². The van der Waals surface area contributed by atoms with E-state index in [1.165, 1.54) is 5.57 Å². The lowest BCUT2D eigenvalue weighted by Crippen LogP contribution is -1.93. The van der Waals surface area contributed by atoms with Crippen molar-refractivity contribution in [2.75, 3.05) is 0 Å². The summed E-state index contributed by atoms with van der Waals surface area (Å²) in [4.78, 5) is 0. The normalized spacial score (nSPS) is 14.7. The molecule has 0 bridgehead atoms. The molecule has 10 heavy (non-hydrogen) atoms. The van der Waals surface area contributed by atoms with Crippen molar-refractivity contribution in [1.29, 1.82) is 0 Å². The molecule has 1 heteroatoms. The molecular weight excluding hydrogens is 124 g/mol. The summed E-state index contributed by atoms with van der Waals surface area (Å²) in [5.74, 6) is 0. The quantitative estimate of drug-likeness (QED) is 0.583. The summed E-state index contributed by atoms with van der Waals surface area (Å²) in [6.07, 6.45) is 3.54. The van der Waals surface area contributed by atoms with Crippen LogP contribution >= 0.6 is 0 Å². The van der Waals surface area contributed by atoms with E-state index in [1.807, 2.05) is 32.9 Å². The molecule has 0 aliphatic carbocycles. The van der Waals surface area contributed by atoms with E-state index in [1.54, 1.807) is 6.92 Å². The highest BCUT2D eigenvalue weighted by molar-refractivity contribution is 5.20. The first-order chi connectivity index (χ1) is 4.52. The standard InChI is InChI=1S/C9H16O/c1-7(2)5-8(3)6-9(4)10/h5-6,9-10H,1-4H3/b8-6-. The fraction of sp³-hybridized carbons (Fsp3) is 0.556. The highest BCUT2D eigenvalue weighted by atomic mass is 16.3. The van der Waals surface area contributed by atoms with Gasteiger partial charge >= 0.3 is 0 Å². The Morgan fingerprint density at radius 1 is 1.30 bits per heavy atom. The highest BCUT2D eigenvalue weighted by Gasteiger charge is 1.88. The molecule has 0 aromatic carbocycles. The monoisotopic (exact) mass is 140 g/mol. The van der Waals surface area contributed by atoms with Gasteiger partial charge in [-0.05, 0) is 27.7 Å². The van der Waals surface area contributed by atoms with Crippen LogP contribution in [0.1, 0.15) is 27.7 Å². The third-order valence-electron chi connectivity index (χ3n) is 1.02. The molecule has 1 unspecified atom stereocenters. The van der Waals surface area contributed by atoms with E-state index in [2.05, 4.69) is 0 Å². The number of hydrogen-bond acceptors (Lipinski definition) is 1. The molecule has 0 fully saturated rings. The van der Waals surface area contributed by atoms with Crippen LogP contribution in [0, 0.1) is 0 Å². The second kappa shape index (κ2) is 4.29. The lowest BCUT2D eigenvalue weighted by atomic mass is 10.2. The van der Waals surface area contributed by atoms with Crippen molar-refractivity contribution in [2.45, 2.75) is 33.8 Å². The van der Waals surface area contributed by atoms with Crippen molar-refractivity contribution in [3.05, 3.63) is 23.3 Å². The Balaban J connectivity index is 4.08. The van der Waals surface area contributed by atoms with Crippen LogP contribution in [0.25, 0.3) is 0 Å². The van der Waals surface area contributed by atoms with Crippen molar-refractivity contribution >= 4 is 0 Å². The van der Waals surface area contributed by atoms with E-state index >= 15 is 0 Å². The fourth-order valence-corrected chi connectivity index (χ4v) is 0.884. The maximum atomic E-state index is 8.93. The van der Waals surface area contributed by atoms with Crippen molar-refractivity contribution in [3.8, 4) is 0 Å². The first kappa shape index (κ1) is 9.44. The van der Waals surface area contributed by atoms with Crippen LogP contribution < -0.4 is 0 Å². The van der Waals surface area contributed by atoms with Crippen molar-refractivity contribution in [1.82, 2.24) is 0 Å². The van der Waals surface area contributed by atoms with E-state index in [0.29, 0.717) is 0 Å². The van der Waals surface area contributed by atoms with Gasteiger partial charge in [-0.3, -0.25) is 0 Å². The zero-order chi connectivity index (χ0) is 8.15. The number of rotatable bonds is 2. The van der Waals surface area contributed by atoms with Gasteiger partial charge in [0.2, 0.25) is 0 Å². The van der Waals surface area contributed by atoms with Gasteiger partial charge in [-0.25, -0.2) is 0 Å². The van der Waals surface area contributed by atoms with Crippen LogP contribution in [-0.4, -0.2) is 11.2 Å². The highest BCUT2D eigenvalue weighted by Crippen LogP contribution is 2.01. The van der Waals surface area contributed by atoms with Gasteiger partial charge in [0.15, 0.2) is 0 Å². The van der Waals surface area contributed by atoms with E-state index in [4.69, 9.17) is 5.11 Å². The van der Waals surface area contributed by atoms with E-state index in [0.717, 1.165) is 5.57 Å². The molecule has 0 aliphatic rings. The topological polar surface area (TPSA) is 20.2 Å². The Hall–Kier alpha value is -0.560. The van der Waals surface area contributed by atoms with E-state index in [-0.39, 0.29) is 6.10 Å². The van der Waals surface area contributed by atoms with E-state index < -0.39 is 0 Å². The zero-order valence-corrected chi connectivity index (χ0v) is 7.18. The van der Waals surface area contributed by atoms with Gasteiger partial charge in [-0.1, -0.05) is 23.3 Å². The predicted molar refractivity (Wildman–Crippen MR) is 44.9 cm³/mol. The lowest BCUT2D eigenvalue weighted by Gasteiger charge is -1.97. The van der Waals surface area contributed by atoms with Gasteiger partial charge in [0.05, 0.1) is 6.10 Å². The number of allylic oxidation sites excluding steroid dienone is 3. The molecule has 0 saturated carbocycles. The molecule has 0 aliphatic heterocycles. The Bertz CT molecular complexity index is 148. The lowest BCUT2D eigenvalue weighted by molar-refractivity contribution is 0.243. The molecular formula is C9H16O. The van der Waals surface area contributed by atoms with Crippen molar-refractivity contribution < 1.29 is 5.11 Å². The minimum absolute atomic E-state index is 0.337. The Labute approximate surface area is 63.1 Å². The van der Waals surface area contributed by atoms with Crippen LogP contribution in [0.4, 0.5) is 0 Å². The SMILES string of the molecule is CC(C)=C/C(C)=C\C(C)O. The summed E-state index contributed by atoms with van der Waals surface area (Å²) in [7, 11) is 0. The molecule has 1 atom stereocenters. The maximum absolute atomic E-state index is 8.93. The summed E-state index contributed by atoms with van der Waals surface area (Å²) in [6.45, 7) is 7.82. The third-order valence-corrected chi connectivity index (χ3v) is 1.02. The molecule has 0 radical (unpaired) electrons. The summed E-state index contributed by atoms with van der Waals surface area (Å²) in [5.41, 5.74) is 2.38. The predicted octanol–water partition coefficient (Wildman–Crippen LogP) is 2.28. The smallest absolute Gasteiger partial charge is 0.0698 e. The molecule has 0 spiro atoms. The van der Waals surface area contributed by atoms with Gasteiger partial charge in [0.25, 0.3) is 0 Å². The number of hydrogen-bond donors (Lipinski definition) is 1. The maximum Gasteiger partial charge on any atom is 0.0698 e. The summed E-state index contributed by atoms with van der Waals surface area (Å²) < 4.78 is 0. The number of aliphatic hydroxyl groups is 1. The third kappa shape index (κ3) is 5.57. The molecule has 0 amide bonds. The molecule has 0 heterocycles. The summed E-state index contributed by atoms with van der Waals surface area (Å²) in [6, 6.07) is 0. The minimum atomic E-state index is -0.337. The molecule has 1 N–H and O–H groups in total. The van der Waals surface area contributed by atoms with Gasteiger partial charge in [0.1, 0.15) is 0 Å². The van der Waals surface area contributed by atoms with Crippen molar-refractivity contribution in [2.24, 2.45) is 0 Å². The van der Waals surface area contributed by atoms with Gasteiger partial charge in [-0.2, -0.15) is 0 Å². The number of aliphatic hydroxyl groups excluding tert-OH is 1. The Morgan fingerprint density at radius 2 is 1.80 bits per heavy atom. The Kier molecular flexibility index (Phi) is 4.05. The second-order valence-electron chi connectivity index (χ2n) is 2.87. The molecule has 0 aromatic rings. The van der Waals surface area contributed by atoms with Crippen LogP contribution in [0.15, 0.2) is 23.3 Å². The summed E-state index contributed by atoms with van der Waals surface area (Å²) in [5, 5.41) is 8.93. The van der Waals surface area contributed by atoms with E-state index in [9.17, 15) is 0 Å². The first-order valence-electron chi connectivity index (χ1n) is 3.53. The van der Waals surface area contributed by atoms with Crippen LogP contribution in [-0.2, 0) is 0 Å². The second-order valence-corrected chi connectivity index (χ2v) is 2.87. The molecule has 58 valence electrons.